The van der Waals surface area contributed by atoms with Crippen LogP contribution in [-0.4, -0.2) is 26.2 Å². The van der Waals surface area contributed by atoms with Gasteiger partial charge in [-0.2, -0.15) is 0 Å². The zero-order chi connectivity index (χ0) is 16.8. The molecule has 0 saturated carbocycles. The normalized spacial score (nSPS) is 12.0. The summed E-state index contributed by atoms with van der Waals surface area (Å²) in [6, 6.07) is 9.90. The Morgan fingerprint density at radius 3 is 2.88 bits per heavy atom. The number of aryl methyl sites for hydroxylation is 1. The Morgan fingerprint density at radius 1 is 1.38 bits per heavy atom. The van der Waals surface area contributed by atoms with Gasteiger partial charge in [-0.15, -0.1) is 11.3 Å². The molecule has 3 aromatic rings. The minimum atomic E-state index is -0.0912. The van der Waals surface area contributed by atoms with Crippen molar-refractivity contribution in [3.63, 3.8) is 0 Å². The van der Waals surface area contributed by atoms with E-state index in [-0.39, 0.29) is 11.9 Å². The molecule has 1 N–H and O–H groups in total. The first-order valence-electron chi connectivity index (χ1n) is 7.55. The maximum absolute atomic E-state index is 12.4. The molecule has 2 aromatic heterocycles. The van der Waals surface area contributed by atoms with E-state index in [2.05, 4.69) is 15.3 Å². The molecular formula is C17H18N4OS2. The molecule has 1 atom stereocenters. The first kappa shape index (κ1) is 16.7. The molecule has 1 amide bonds. The summed E-state index contributed by atoms with van der Waals surface area (Å²) in [6.45, 7) is 2.61. The van der Waals surface area contributed by atoms with Crippen molar-refractivity contribution < 1.29 is 4.79 Å². The van der Waals surface area contributed by atoms with E-state index in [9.17, 15) is 4.79 Å². The van der Waals surface area contributed by atoms with Crippen LogP contribution in [0.2, 0.25) is 0 Å². The van der Waals surface area contributed by atoms with Gasteiger partial charge in [0.1, 0.15) is 0 Å². The van der Waals surface area contributed by atoms with Crippen LogP contribution in [0.4, 0.5) is 0 Å². The summed E-state index contributed by atoms with van der Waals surface area (Å²) in [7, 11) is 0. The Hall–Kier alpha value is -2.12. The van der Waals surface area contributed by atoms with Crippen LogP contribution < -0.4 is 5.32 Å². The van der Waals surface area contributed by atoms with Crippen LogP contribution in [0.5, 0.6) is 0 Å². The molecule has 3 rings (SSSR count). The van der Waals surface area contributed by atoms with E-state index in [1.165, 1.54) is 11.8 Å². The number of amides is 1. The second kappa shape index (κ2) is 8.12. The fraction of sp³-hybridized carbons (Fsp3) is 0.235. The number of rotatable bonds is 7. The number of thioether (sulfide) groups is 1. The fourth-order valence-corrected chi connectivity index (χ4v) is 3.95. The molecule has 0 saturated heterocycles. The SMILES string of the molecule is Cc1csc(SCC(=O)NC(Cn2ccnc2)c2ccccc2)n1. The number of benzene rings is 1. The van der Waals surface area contributed by atoms with Gasteiger partial charge in [-0.05, 0) is 12.5 Å². The molecule has 24 heavy (non-hydrogen) atoms. The molecule has 1 unspecified atom stereocenters. The van der Waals surface area contributed by atoms with Crippen LogP contribution in [0.3, 0.4) is 0 Å². The average Bonchev–Trinajstić information content (AvgIpc) is 3.25. The van der Waals surface area contributed by atoms with Crippen molar-refractivity contribution in [3.8, 4) is 0 Å². The molecule has 1 aromatic carbocycles. The number of carbonyl (C=O) groups is 1. The van der Waals surface area contributed by atoms with Gasteiger partial charge in [0.05, 0.1) is 18.1 Å². The van der Waals surface area contributed by atoms with Gasteiger partial charge < -0.3 is 9.88 Å². The van der Waals surface area contributed by atoms with Crippen molar-refractivity contribution in [1.82, 2.24) is 19.9 Å². The van der Waals surface area contributed by atoms with Crippen LogP contribution in [-0.2, 0) is 11.3 Å². The second-order valence-corrected chi connectivity index (χ2v) is 7.41. The molecule has 0 bridgehead atoms. The molecule has 7 heteroatoms. The number of nitrogens with zero attached hydrogens (tertiary/aromatic N) is 3. The summed E-state index contributed by atoms with van der Waals surface area (Å²) >= 11 is 3.04. The third-order valence-electron chi connectivity index (χ3n) is 3.41. The molecule has 0 spiro atoms. The highest BCUT2D eigenvalue weighted by Gasteiger charge is 2.15. The predicted octanol–water partition coefficient (Wildman–Crippen LogP) is 3.30. The van der Waals surface area contributed by atoms with Gasteiger partial charge >= 0.3 is 0 Å². The van der Waals surface area contributed by atoms with Crippen molar-refractivity contribution in [2.24, 2.45) is 0 Å². The maximum Gasteiger partial charge on any atom is 0.230 e. The highest BCUT2D eigenvalue weighted by molar-refractivity contribution is 8.01. The Morgan fingerprint density at radius 2 is 2.21 bits per heavy atom. The van der Waals surface area contributed by atoms with Gasteiger partial charge in [0, 0.05) is 30.0 Å². The number of imidazole rings is 1. The van der Waals surface area contributed by atoms with Crippen molar-refractivity contribution in [3.05, 3.63) is 65.7 Å². The van der Waals surface area contributed by atoms with Crippen LogP contribution in [0.1, 0.15) is 17.3 Å². The van der Waals surface area contributed by atoms with Crippen molar-refractivity contribution in [2.75, 3.05) is 5.75 Å². The average molecular weight is 358 g/mol. The highest BCUT2D eigenvalue weighted by Crippen LogP contribution is 2.22. The van der Waals surface area contributed by atoms with Crippen molar-refractivity contribution in [2.45, 2.75) is 23.8 Å². The van der Waals surface area contributed by atoms with E-state index in [0.717, 1.165) is 15.6 Å². The summed E-state index contributed by atoms with van der Waals surface area (Å²) in [5, 5.41) is 5.11. The summed E-state index contributed by atoms with van der Waals surface area (Å²) in [6.07, 6.45) is 5.40. The standard InChI is InChI=1S/C17H18N4OS2/c1-13-10-23-17(19-13)24-11-16(22)20-15(9-21-8-7-18-12-21)14-5-3-2-4-6-14/h2-8,10,12,15H,9,11H2,1H3,(H,20,22). The van der Waals surface area contributed by atoms with Gasteiger partial charge in [-0.1, -0.05) is 42.1 Å². The lowest BCUT2D eigenvalue weighted by Crippen LogP contribution is -2.32. The van der Waals surface area contributed by atoms with Crippen molar-refractivity contribution >= 4 is 29.0 Å². The topological polar surface area (TPSA) is 59.8 Å². The lowest BCUT2D eigenvalue weighted by molar-refractivity contribution is -0.119. The Kier molecular flexibility index (Phi) is 5.66. The summed E-state index contributed by atoms with van der Waals surface area (Å²) in [5.74, 6) is 0.363. The Labute approximate surface area is 149 Å². The second-order valence-electron chi connectivity index (χ2n) is 5.33. The van der Waals surface area contributed by atoms with Gasteiger partial charge in [-0.3, -0.25) is 4.79 Å². The molecule has 0 fully saturated rings. The molecule has 5 nitrogen and oxygen atoms in total. The number of hydrogen-bond acceptors (Lipinski definition) is 5. The largest absolute Gasteiger partial charge is 0.347 e. The highest BCUT2D eigenvalue weighted by atomic mass is 32.2. The van der Waals surface area contributed by atoms with E-state index in [0.29, 0.717) is 12.3 Å². The minimum absolute atomic E-state index is 0.00169. The van der Waals surface area contributed by atoms with E-state index in [1.807, 2.05) is 53.4 Å². The molecule has 0 aliphatic carbocycles. The quantitative estimate of drug-likeness (QED) is 0.659. The Bertz CT molecular complexity index is 771. The lowest BCUT2D eigenvalue weighted by atomic mass is 10.1. The lowest BCUT2D eigenvalue weighted by Gasteiger charge is -2.19. The molecule has 2 heterocycles. The van der Waals surface area contributed by atoms with Crippen LogP contribution in [0, 0.1) is 6.92 Å². The van der Waals surface area contributed by atoms with Gasteiger partial charge in [0.25, 0.3) is 0 Å². The van der Waals surface area contributed by atoms with Crippen LogP contribution >= 0.6 is 23.1 Å². The number of hydrogen-bond donors (Lipinski definition) is 1. The number of nitrogens with one attached hydrogen (secondary N) is 1. The van der Waals surface area contributed by atoms with Crippen LogP contribution in [0.25, 0.3) is 0 Å². The van der Waals surface area contributed by atoms with Gasteiger partial charge in [0.15, 0.2) is 4.34 Å². The van der Waals surface area contributed by atoms with E-state index < -0.39 is 0 Å². The number of carbonyl (C=O) groups excluding carboxylic acids is 1. The van der Waals surface area contributed by atoms with Gasteiger partial charge in [0.2, 0.25) is 5.91 Å². The summed E-state index contributed by atoms with van der Waals surface area (Å²) < 4.78 is 2.89. The molecule has 0 radical (unpaired) electrons. The first-order chi connectivity index (χ1) is 11.7. The third-order valence-corrected chi connectivity index (χ3v) is 5.55. The fourth-order valence-electron chi connectivity index (χ4n) is 2.29. The maximum atomic E-state index is 12.4. The van der Waals surface area contributed by atoms with Crippen LogP contribution in [0.15, 0.2) is 58.8 Å². The first-order valence-corrected chi connectivity index (χ1v) is 9.42. The predicted molar refractivity (Wildman–Crippen MR) is 97.1 cm³/mol. The third kappa shape index (κ3) is 4.69. The number of aromatic nitrogens is 3. The van der Waals surface area contributed by atoms with E-state index >= 15 is 0 Å². The zero-order valence-electron chi connectivity index (χ0n) is 13.3. The molecule has 124 valence electrons. The summed E-state index contributed by atoms with van der Waals surface area (Å²) in [5.41, 5.74) is 2.07. The monoisotopic (exact) mass is 358 g/mol. The van der Waals surface area contributed by atoms with Crippen molar-refractivity contribution in [1.29, 1.82) is 0 Å². The molecular weight excluding hydrogens is 340 g/mol. The number of thiazole rings is 1. The molecule has 0 aliphatic heterocycles. The van der Waals surface area contributed by atoms with E-state index in [4.69, 9.17) is 0 Å². The Balaban J connectivity index is 1.63. The van der Waals surface area contributed by atoms with E-state index in [1.54, 1.807) is 23.9 Å². The summed E-state index contributed by atoms with van der Waals surface area (Å²) in [4.78, 5) is 20.8. The minimum Gasteiger partial charge on any atom is -0.347 e. The van der Waals surface area contributed by atoms with Gasteiger partial charge in [-0.25, -0.2) is 9.97 Å². The zero-order valence-corrected chi connectivity index (χ0v) is 14.9. The smallest absolute Gasteiger partial charge is 0.230 e. The molecule has 0 aliphatic rings.